The van der Waals surface area contributed by atoms with Crippen LogP contribution in [0.25, 0.3) is 0 Å². The SMILES string of the molecule is Cc1[nH]nc2c1[C@@H](c1ccc(O)cc1)SCC(=O)N2. The van der Waals surface area contributed by atoms with Gasteiger partial charge in [-0.3, -0.25) is 9.89 Å². The largest absolute Gasteiger partial charge is 0.508 e. The number of carbonyl (C=O) groups is 1. The van der Waals surface area contributed by atoms with Gasteiger partial charge in [0.2, 0.25) is 5.91 Å². The first-order valence-electron chi connectivity index (χ1n) is 5.90. The molecular weight excluding hydrogens is 262 g/mol. The van der Waals surface area contributed by atoms with E-state index in [2.05, 4.69) is 15.5 Å². The second kappa shape index (κ2) is 4.62. The van der Waals surface area contributed by atoms with Crippen LogP contribution in [0.1, 0.15) is 22.1 Å². The van der Waals surface area contributed by atoms with E-state index in [4.69, 9.17) is 0 Å². The number of hydrogen-bond acceptors (Lipinski definition) is 4. The molecule has 1 aromatic heterocycles. The lowest BCUT2D eigenvalue weighted by Crippen LogP contribution is -2.12. The molecule has 5 nitrogen and oxygen atoms in total. The van der Waals surface area contributed by atoms with Gasteiger partial charge in [-0.2, -0.15) is 5.10 Å². The van der Waals surface area contributed by atoms with Gasteiger partial charge in [0.1, 0.15) is 5.75 Å². The number of aromatic hydroxyl groups is 1. The molecule has 1 aliphatic rings. The second-order valence-corrected chi connectivity index (χ2v) is 5.54. The number of aryl methyl sites for hydroxylation is 1. The quantitative estimate of drug-likeness (QED) is 0.745. The molecule has 2 heterocycles. The molecule has 1 atom stereocenters. The van der Waals surface area contributed by atoms with Gasteiger partial charge in [0, 0.05) is 11.3 Å². The van der Waals surface area contributed by atoms with Crippen molar-refractivity contribution in [3.8, 4) is 5.75 Å². The number of nitrogens with one attached hydrogen (secondary N) is 2. The molecule has 19 heavy (non-hydrogen) atoms. The molecule has 0 bridgehead atoms. The van der Waals surface area contributed by atoms with Crippen molar-refractivity contribution < 1.29 is 9.90 Å². The average molecular weight is 275 g/mol. The van der Waals surface area contributed by atoms with E-state index < -0.39 is 0 Å². The molecule has 0 spiro atoms. The monoisotopic (exact) mass is 275 g/mol. The molecule has 0 radical (unpaired) electrons. The van der Waals surface area contributed by atoms with Gasteiger partial charge in [0.15, 0.2) is 5.82 Å². The van der Waals surface area contributed by atoms with Gasteiger partial charge in [0.25, 0.3) is 0 Å². The molecule has 6 heteroatoms. The highest BCUT2D eigenvalue weighted by Gasteiger charge is 2.27. The van der Waals surface area contributed by atoms with Crippen molar-refractivity contribution in [3.05, 3.63) is 41.1 Å². The number of rotatable bonds is 1. The number of H-pyrrole nitrogens is 1. The summed E-state index contributed by atoms with van der Waals surface area (Å²) in [5, 5.41) is 19.3. The van der Waals surface area contributed by atoms with Crippen LogP contribution in [0.2, 0.25) is 0 Å². The van der Waals surface area contributed by atoms with Crippen molar-refractivity contribution in [2.24, 2.45) is 0 Å². The topological polar surface area (TPSA) is 78.0 Å². The fourth-order valence-electron chi connectivity index (χ4n) is 2.18. The van der Waals surface area contributed by atoms with Crippen LogP contribution in [-0.4, -0.2) is 27.0 Å². The van der Waals surface area contributed by atoms with Crippen LogP contribution in [0.3, 0.4) is 0 Å². The maximum atomic E-state index is 11.7. The summed E-state index contributed by atoms with van der Waals surface area (Å²) in [5.41, 5.74) is 2.99. The number of benzene rings is 1. The van der Waals surface area contributed by atoms with Crippen LogP contribution in [0.5, 0.6) is 5.75 Å². The number of aromatic nitrogens is 2. The van der Waals surface area contributed by atoms with Crippen LogP contribution in [0.15, 0.2) is 24.3 Å². The third kappa shape index (κ3) is 2.19. The van der Waals surface area contributed by atoms with E-state index in [0.717, 1.165) is 16.8 Å². The maximum Gasteiger partial charge on any atom is 0.235 e. The molecule has 0 saturated carbocycles. The number of anilines is 1. The standard InChI is InChI=1S/C13H13N3O2S/c1-7-11-12(8-2-4-9(17)5-3-8)19-6-10(18)14-13(11)16-15-7/h2-5,12,17H,6H2,1H3,(H2,14,15,16,18)/t12-/m1/s1. The fraction of sp³-hybridized carbons (Fsp3) is 0.231. The molecule has 3 N–H and O–H groups in total. The minimum atomic E-state index is -0.0426. The molecule has 98 valence electrons. The van der Waals surface area contributed by atoms with E-state index >= 15 is 0 Å². The van der Waals surface area contributed by atoms with Gasteiger partial charge in [-0.15, -0.1) is 11.8 Å². The zero-order chi connectivity index (χ0) is 13.4. The summed E-state index contributed by atoms with van der Waals surface area (Å²) >= 11 is 1.56. The van der Waals surface area contributed by atoms with E-state index in [0.29, 0.717) is 11.6 Å². The number of thioether (sulfide) groups is 1. The van der Waals surface area contributed by atoms with Gasteiger partial charge in [-0.25, -0.2) is 0 Å². The summed E-state index contributed by atoms with van der Waals surface area (Å²) in [7, 11) is 0. The Hall–Kier alpha value is -1.95. The van der Waals surface area contributed by atoms with Crippen LogP contribution in [-0.2, 0) is 4.79 Å². The number of fused-ring (bicyclic) bond motifs is 1. The number of amides is 1. The number of phenols is 1. The van der Waals surface area contributed by atoms with Gasteiger partial charge in [-0.05, 0) is 24.6 Å². The van der Waals surface area contributed by atoms with E-state index in [1.807, 2.05) is 19.1 Å². The first-order valence-corrected chi connectivity index (χ1v) is 6.95. The predicted octanol–water partition coefficient (Wildman–Crippen LogP) is 2.20. The maximum absolute atomic E-state index is 11.7. The molecule has 0 fully saturated rings. The first kappa shape index (κ1) is 12.1. The summed E-state index contributed by atoms with van der Waals surface area (Å²) in [5.74, 6) is 1.19. The lowest BCUT2D eigenvalue weighted by atomic mass is 10.0. The number of nitrogens with zero attached hydrogens (tertiary/aromatic N) is 1. The summed E-state index contributed by atoms with van der Waals surface area (Å²) in [6, 6.07) is 7.06. The number of aromatic amines is 1. The minimum absolute atomic E-state index is 0.0355. The van der Waals surface area contributed by atoms with E-state index in [-0.39, 0.29) is 16.9 Å². The number of carbonyl (C=O) groups excluding carboxylic acids is 1. The highest BCUT2D eigenvalue weighted by atomic mass is 32.2. The Morgan fingerprint density at radius 3 is 2.84 bits per heavy atom. The Labute approximate surface area is 114 Å². The smallest absolute Gasteiger partial charge is 0.235 e. The Bertz CT molecular complexity index is 621. The lowest BCUT2D eigenvalue weighted by molar-refractivity contribution is -0.113. The molecule has 0 aliphatic carbocycles. The van der Waals surface area contributed by atoms with Crippen LogP contribution in [0, 0.1) is 6.92 Å². The van der Waals surface area contributed by atoms with Crippen molar-refractivity contribution >= 4 is 23.5 Å². The summed E-state index contributed by atoms with van der Waals surface area (Å²) < 4.78 is 0. The van der Waals surface area contributed by atoms with E-state index in [1.54, 1.807) is 23.9 Å². The zero-order valence-corrected chi connectivity index (χ0v) is 11.1. The third-order valence-electron chi connectivity index (χ3n) is 3.09. The van der Waals surface area contributed by atoms with Crippen LogP contribution >= 0.6 is 11.8 Å². The fourth-order valence-corrected chi connectivity index (χ4v) is 3.37. The van der Waals surface area contributed by atoms with E-state index in [9.17, 15) is 9.90 Å². The highest BCUT2D eigenvalue weighted by molar-refractivity contribution is 8.00. The normalized spacial score (nSPS) is 18.6. The van der Waals surface area contributed by atoms with Crippen LogP contribution < -0.4 is 5.32 Å². The number of phenolic OH excluding ortho intramolecular Hbond substituents is 1. The minimum Gasteiger partial charge on any atom is -0.508 e. The Morgan fingerprint density at radius 1 is 1.37 bits per heavy atom. The van der Waals surface area contributed by atoms with Gasteiger partial charge in [0.05, 0.1) is 11.0 Å². The first-order chi connectivity index (χ1) is 9.15. The van der Waals surface area contributed by atoms with Crippen molar-refractivity contribution in [2.45, 2.75) is 12.2 Å². The molecular formula is C13H13N3O2S. The Morgan fingerprint density at radius 2 is 2.11 bits per heavy atom. The molecule has 2 aromatic rings. The highest BCUT2D eigenvalue weighted by Crippen LogP contribution is 2.42. The summed E-state index contributed by atoms with van der Waals surface area (Å²) in [6.45, 7) is 1.94. The summed E-state index contributed by atoms with van der Waals surface area (Å²) in [6.07, 6.45) is 0. The van der Waals surface area contributed by atoms with E-state index in [1.165, 1.54) is 0 Å². The van der Waals surface area contributed by atoms with Crippen LogP contribution in [0.4, 0.5) is 5.82 Å². The number of hydrogen-bond donors (Lipinski definition) is 3. The molecule has 1 aromatic carbocycles. The zero-order valence-electron chi connectivity index (χ0n) is 10.3. The van der Waals surface area contributed by atoms with Crippen molar-refractivity contribution in [1.82, 2.24) is 10.2 Å². The molecule has 0 unspecified atom stereocenters. The predicted molar refractivity (Wildman–Crippen MR) is 74.4 cm³/mol. The van der Waals surface area contributed by atoms with Crippen molar-refractivity contribution in [2.75, 3.05) is 11.1 Å². The van der Waals surface area contributed by atoms with Crippen molar-refractivity contribution in [1.29, 1.82) is 0 Å². The Balaban J connectivity index is 2.08. The lowest BCUT2D eigenvalue weighted by Gasteiger charge is -2.15. The molecule has 1 aliphatic heterocycles. The molecule has 0 saturated heterocycles. The molecule has 3 rings (SSSR count). The second-order valence-electron chi connectivity index (χ2n) is 4.44. The van der Waals surface area contributed by atoms with Gasteiger partial charge in [-0.1, -0.05) is 12.1 Å². The van der Waals surface area contributed by atoms with Gasteiger partial charge < -0.3 is 10.4 Å². The third-order valence-corrected chi connectivity index (χ3v) is 4.36. The Kier molecular flexibility index (Phi) is 2.94. The summed E-state index contributed by atoms with van der Waals surface area (Å²) in [4.78, 5) is 11.7. The van der Waals surface area contributed by atoms with Crippen molar-refractivity contribution in [3.63, 3.8) is 0 Å². The molecule has 1 amide bonds. The van der Waals surface area contributed by atoms with Gasteiger partial charge >= 0.3 is 0 Å². The average Bonchev–Trinajstić information content (AvgIpc) is 2.65.